The fraction of sp³-hybridized carbons (Fsp3) is 0.208. The number of rotatable bonds is 4. The summed E-state index contributed by atoms with van der Waals surface area (Å²) in [5.74, 6) is 1.85. The molecule has 0 saturated heterocycles. The number of fused-ring (bicyclic) bond motifs is 2. The molecule has 3 aromatic rings. The van der Waals surface area contributed by atoms with Gasteiger partial charge < -0.3 is 18.9 Å². The molecule has 5 rings (SSSR count). The third kappa shape index (κ3) is 3.18. The third-order valence-corrected chi connectivity index (χ3v) is 5.53. The number of esters is 1. The van der Waals surface area contributed by atoms with Crippen molar-refractivity contribution in [3.8, 4) is 23.0 Å². The molecular formula is C24H20O5. The molecule has 5 heteroatoms. The SMILES string of the molecule is COc1ccc([C@@H]2c3cc4c(cc3OC(=O)[C@H]2Cc2ccccc2)OCO4)cc1. The average molecular weight is 388 g/mol. The molecule has 0 unspecified atom stereocenters. The number of benzene rings is 3. The summed E-state index contributed by atoms with van der Waals surface area (Å²) >= 11 is 0. The van der Waals surface area contributed by atoms with E-state index in [9.17, 15) is 4.79 Å². The third-order valence-electron chi connectivity index (χ3n) is 5.53. The Hall–Kier alpha value is -3.47. The smallest absolute Gasteiger partial charge is 0.315 e. The van der Waals surface area contributed by atoms with Crippen molar-refractivity contribution in [1.82, 2.24) is 0 Å². The second-order valence-electron chi connectivity index (χ2n) is 7.21. The Morgan fingerprint density at radius 1 is 0.931 bits per heavy atom. The first kappa shape index (κ1) is 17.6. The van der Waals surface area contributed by atoms with Crippen molar-refractivity contribution in [3.05, 3.63) is 83.4 Å². The highest BCUT2D eigenvalue weighted by atomic mass is 16.7. The van der Waals surface area contributed by atoms with Gasteiger partial charge in [-0.25, -0.2) is 0 Å². The van der Waals surface area contributed by atoms with Crippen LogP contribution in [0, 0.1) is 5.92 Å². The second-order valence-corrected chi connectivity index (χ2v) is 7.21. The largest absolute Gasteiger partial charge is 0.497 e. The molecule has 0 bridgehead atoms. The zero-order valence-corrected chi connectivity index (χ0v) is 16.0. The minimum atomic E-state index is -0.348. The van der Waals surface area contributed by atoms with Crippen LogP contribution in [-0.2, 0) is 11.2 Å². The van der Waals surface area contributed by atoms with Crippen LogP contribution in [0.5, 0.6) is 23.0 Å². The van der Waals surface area contributed by atoms with Crippen molar-refractivity contribution in [2.45, 2.75) is 12.3 Å². The van der Waals surface area contributed by atoms with Crippen molar-refractivity contribution >= 4 is 5.97 Å². The van der Waals surface area contributed by atoms with Gasteiger partial charge in [0, 0.05) is 17.5 Å². The van der Waals surface area contributed by atoms with Gasteiger partial charge in [-0.2, -0.15) is 0 Å². The summed E-state index contributed by atoms with van der Waals surface area (Å²) in [4.78, 5) is 13.0. The lowest BCUT2D eigenvalue weighted by atomic mass is 9.76. The van der Waals surface area contributed by atoms with Gasteiger partial charge in [0.1, 0.15) is 11.5 Å². The lowest BCUT2D eigenvalue weighted by Crippen LogP contribution is -2.33. The summed E-state index contributed by atoms with van der Waals surface area (Å²) < 4.78 is 22.1. The zero-order chi connectivity index (χ0) is 19.8. The topological polar surface area (TPSA) is 54.0 Å². The van der Waals surface area contributed by atoms with E-state index >= 15 is 0 Å². The maximum atomic E-state index is 13.0. The Bertz CT molecular complexity index is 1040. The predicted molar refractivity (Wildman–Crippen MR) is 107 cm³/mol. The summed E-state index contributed by atoms with van der Waals surface area (Å²) in [6.07, 6.45) is 0.588. The molecule has 0 fully saturated rings. The standard InChI is InChI=1S/C24H20O5/c1-26-17-9-7-16(8-10-17)23-18-12-21-22(28-14-27-21)13-20(18)29-24(25)19(23)11-15-5-3-2-4-6-15/h2-10,12-13,19,23H,11,14H2,1H3/t19-,23+/m0/s1. The molecule has 0 N–H and O–H groups in total. The molecule has 0 spiro atoms. The van der Waals surface area contributed by atoms with Gasteiger partial charge in [0.25, 0.3) is 0 Å². The van der Waals surface area contributed by atoms with Gasteiger partial charge in [-0.05, 0) is 35.7 Å². The summed E-state index contributed by atoms with van der Waals surface area (Å²) in [5, 5.41) is 0. The molecule has 5 nitrogen and oxygen atoms in total. The van der Waals surface area contributed by atoms with E-state index in [2.05, 4.69) is 0 Å². The Labute approximate surface area is 168 Å². The molecule has 146 valence electrons. The van der Waals surface area contributed by atoms with E-state index in [1.165, 1.54) is 0 Å². The first-order valence-electron chi connectivity index (χ1n) is 9.56. The summed E-state index contributed by atoms with van der Waals surface area (Å²) in [6, 6.07) is 21.6. The van der Waals surface area contributed by atoms with Crippen molar-refractivity contribution in [2.24, 2.45) is 5.92 Å². The minimum absolute atomic E-state index is 0.160. The van der Waals surface area contributed by atoms with Gasteiger partial charge >= 0.3 is 5.97 Å². The van der Waals surface area contributed by atoms with Crippen LogP contribution in [0.25, 0.3) is 0 Å². The van der Waals surface area contributed by atoms with Crippen molar-refractivity contribution in [1.29, 1.82) is 0 Å². The predicted octanol–water partition coefficient (Wildman–Crippen LogP) is 4.33. The van der Waals surface area contributed by atoms with Crippen LogP contribution in [-0.4, -0.2) is 19.9 Å². The maximum absolute atomic E-state index is 13.0. The van der Waals surface area contributed by atoms with Crippen LogP contribution in [0.15, 0.2) is 66.7 Å². The minimum Gasteiger partial charge on any atom is -0.497 e. The Balaban J connectivity index is 1.62. The zero-order valence-electron chi connectivity index (χ0n) is 16.0. The van der Waals surface area contributed by atoms with E-state index in [1.807, 2.05) is 60.7 Å². The van der Waals surface area contributed by atoms with E-state index < -0.39 is 0 Å². The highest BCUT2D eigenvalue weighted by molar-refractivity contribution is 5.81. The second kappa shape index (κ2) is 7.17. The molecule has 0 saturated carbocycles. The number of methoxy groups -OCH3 is 1. The molecule has 29 heavy (non-hydrogen) atoms. The Morgan fingerprint density at radius 2 is 1.66 bits per heavy atom. The first-order chi connectivity index (χ1) is 14.2. The van der Waals surface area contributed by atoms with Gasteiger partial charge in [0.05, 0.1) is 13.0 Å². The number of hydrogen-bond donors (Lipinski definition) is 0. The molecule has 0 aromatic heterocycles. The Kier molecular flexibility index (Phi) is 4.35. The number of hydrogen-bond acceptors (Lipinski definition) is 5. The lowest BCUT2D eigenvalue weighted by Gasteiger charge is -2.32. The first-order valence-corrected chi connectivity index (χ1v) is 9.56. The highest BCUT2D eigenvalue weighted by Gasteiger charge is 2.40. The molecule has 2 heterocycles. The quantitative estimate of drug-likeness (QED) is 0.492. The van der Waals surface area contributed by atoms with Gasteiger partial charge in [-0.3, -0.25) is 4.79 Å². The highest BCUT2D eigenvalue weighted by Crippen LogP contribution is 2.48. The average Bonchev–Trinajstić information content (AvgIpc) is 3.21. The van der Waals surface area contributed by atoms with E-state index in [-0.39, 0.29) is 24.6 Å². The molecule has 0 amide bonds. The molecule has 0 aliphatic carbocycles. The van der Waals surface area contributed by atoms with Crippen LogP contribution in [0.1, 0.15) is 22.6 Å². The van der Waals surface area contributed by atoms with Crippen LogP contribution >= 0.6 is 0 Å². The molecule has 3 aromatic carbocycles. The number of carbonyl (C=O) groups excluding carboxylic acids is 1. The fourth-order valence-corrected chi connectivity index (χ4v) is 4.10. The fourth-order valence-electron chi connectivity index (χ4n) is 4.10. The van der Waals surface area contributed by atoms with Gasteiger partial charge in [0.2, 0.25) is 6.79 Å². The molecule has 2 atom stereocenters. The molecule has 2 aliphatic rings. The Morgan fingerprint density at radius 3 is 2.38 bits per heavy atom. The molecule has 2 aliphatic heterocycles. The van der Waals surface area contributed by atoms with Crippen molar-refractivity contribution < 1.29 is 23.7 Å². The van der Waals surface area contributed by atoms with Gasteiger partial charge in [0.15, 0.2) is 11.5 Å². The monoisotopic (exact) mass is 388 g/mol. The van der Waals surface area contributed by atoms with E-state index in [4.69, 9.17) is 18.9 Å². The van der Waals surface area contributed by atoms with Crippen LogP contribution in [0.4, 0.5) is 0 Å². The van der Waals surface area contributed by atoms with E-state index in [0.717, 1.165) is 22.4 Å². The van der Waals surface area contributed by atoms with Crippen LogP contribution in [0.2, 0.25) is 0 Å². The molecular weight excluding hydrogens is 368 g/mol. The molecule has 0 radical (unpaired) electrons. The van der Waals surface area contributed by atoms with Crippen molar-refractivity contribution in [3.63, 3.8) is 0 Å². The lowest BCUT2D eigenvalue weighted by molar-refractivity contribution is -0.140. The van der Waals surface area contributed by atoms with Gasteiger partial charge in [-0.1, -0.05) is 42.5 Å². The number of carbonyl (C=O) groups is 1. The summed E-state index contributed by atoms with van der Waals surface area (Å²) in [6.45, 7) is 0.173. The van der Waals surface area contributed by atoms with Crippen LogP contribution in [0.3, 0.4) is 0 Å². The normalized spacial score (nSPS) is 19.4. The van der Waals surface area contributed by atoms with Crippen LogP contribution < -0.4 is 18.9 Å². The maximum Gasteiger partial charge on any atom is 0.315 e. The summed E-state index contributed by atoms with van der Waals surface area (Å²) in [7, 11) is 1.64. The van der Waals surface area contributed by atoms with E-state index in [0.29, 0.717) is 23.7 Å². The summed E-state index contributed by atoms with van der Waals surface area (Å²) in [5.41, 5.74) is 3.06. The van der Waals surface area contributed by atoms with Gasteiger partial charge in [-0.15, -0.1) is 0 Å². The van der Waals surface area contributed by atoms with E-state index in [1.54, 1.807) is 13.2 Å². The van der Waals surface area contributed by atoms with Crippen molar-refractivity contribution in [2.75, 3.05) is 13.9 Å². The number of ether oxygens (including phenoxy) is 4.